The first-order valence-electron chi connectivity index (χ1n) is 13.5. The van der Waals surface area contributed by atoms with E-state index in [9.17, 15) is 18.0 Å². The lowest BCUT2D eigenvalue weighted by Crippen LogP contribution is -2.36. The molecule has 0 unspecified atom stereocenters. The van der Waals surface area contributed by atoms with Gasteiger partial charge in [-0.2, -0.15) is 13.2 Å². The summed E-state index contributed by atoms with van der Waals surface area (Å²) in [6, 6.07) is 11.0. The van der Waals surface area contributed by atoms with Crippen molar-refractivity contribution in [3.05, 3.63) is 59.4 Å². The molecular weight excluding hydrogens is 523 g/mol. The fourth-order valence-electron chi connectivity index (χ4n) is 5.09. The average Bonchev–Trinajstić information content (AvgIpc) is 3.44. The number of ether oxygens (including phenoxy) is 1. The number of anilines is 3. The predicted octanol–water partition coefficient (Wildman–Crippen LogP) is 5.32. The molecule has 40 heavy (non-hydrogen) atoms. The lowest BCUT2D eigenvalue weighted by Gasteiger charge is -2.30. The van der Waals surface area contributed by atoms with Crippen molar-refractivity contribution >= 4 is 23.0 Å². The maximum Gasteiger partial charge on any atom is 0.416 e. The molecule has 214 valence electrons. The van der Waals surface area contributed by atoms with Crippen LogP contribution in [0.4, 0.5) is 30.2 Å². The lowest BCUT2D eigenvalue weighted by atomic mass is 9.97. The molecule has 1 amide bonds. The molecule has 0 radical (unpaired) electrons. The third kappa shape index (κ3) is 6.76. The first-order chi connectivity index (χ1) is 19.2. The molecule has 2 saturated heterocycles. The summed E-state index contributed by atoms with van der Waals surface area (Å²) < 4.78 is 51.8. The number of alkyl halides is 3. The van der Waals surface area contributed by atoms with Gasteiger partial charge in [0.25, 0.3) is 5.91 Å². The molecule has 2 aliphatic rings. The molecule has 0 aliphatic carbocycles. The molecule has 2 aliphatic heterocycles. The van der Waals surface area contributed by atoms with Gasteiger partial charge in [0.15, 0.2) is 0 Å². The monoisotopic (exact) mass is 557 g/mol. The molecule has 2 aromatic carbocycles. The number of carbonyl (C=O) groups is 1. The number of morpholine rings is 1. The van der Waals surface area contributed by atoms with Gasteiger partial charge in [0.05, 0.1) is 18.8 Å². The van der Waals surface area contributed by atoms with E-state index < -0.39 is 11.7 Å². The Hall–Kier alpha value is -3.57. The molecule has 5 rings (SSSR count). The Morgan fingerprint density at radius 2 is 1.77 bits per heavy atom. The van der Waals surface area contributed by atoms with E-state index >= 15 is 0 Å². The molecule has 0 spiro atoms. The van der Waals surface area contributed by atoms with Gasteiger partial charge < -0.3 is 29.7 Å². The summed E-state index contributed by atoms with van der Waals surface area (Å²) >= 11 is 0. The van der Waals surface area contributed by atoms with Crippen LogP contribution in [-0.2, 0) is 10.9 Å². The minimum absolute atomic E-state index is 0.119. The Morgan fingerprint density at radius 1 is 1.02 bits per heavy atom. The van der Waals surface area contributed by atoms with E-state index in [2.05, 4.69) is 27.7 Å². The minimum atomic E-state index is -4.48. The van der Waals surface area contributed by atoms with E-state index in [-0.39, 0.29) is 11.7 Å². The number of amides is 1. The number of rotatable bonds is 7. The SMILES string of the molecule is Cc1ccc(Nc2cc(N3CCOCC3)cc(C(F)(F)F)c2)cc1-c1cc(C(=O)NCC2CCN(C)CC2)on1. The van der Waals surface area contributed by atoms with Crippen LogP contribution in [0, 0.1) is 12.8 Å². The number of hydrogen-bond acceptors (Lipinski definition) is 7. The Balaban J connectivity index is 1.32. The third-order valence-electron chi connectivity index (χ3n) is 7.55. The van der Waals surface area contributed by atoms with Crippen LogP contribution in [0.15, 0.2) is 47.0 Å². The highest BCUT2D eigenvalue weighted by molar-refractivity contribution is 5.92. The van der Waals surface area contributed by atoms with E-state index in [0.29, 0.717) is 67.1 Å². The maximum absolute atomic E-state index is 13.7. The normalized spacial score (nSPS) is 17.2. The van der Waals surface area contributed by atoms with Gasteiger partial charge in [-0.3, -0.25) is 4.79 Å². The van der Waals surface area contributed by atoms with Crippen LogP contribution in [0.2, 0.25) is 0 Å². The van der Waals surface area contributed by atoms with Gasteiger partial charge in [-0.05, 0) is 81.7 Å². The fraction of sp³-hybridized carbons (Fsp3) is 0.448. The van der Waals surface area contributed by atoms with Crippen molar-refractivity contribution in [1.82, 2.24) is 15.4 Å². The lowest BCUT2D eigenvalue weighted by molar-refractivity contribution is -0.137. The van der Waals surface area contributed by atoms with E-state index in [1.54, 1.807) is 24.3 Å². The third-order valence-corrected chi connectivity index (χ3v) is 7.55. The fourth-order valence-corrected chi connectivity index (χ4v) is 5.09. The summed E-state index contributed by atoms with van der Waals surface area (Å²) in [5.41, 5.74) is 2.74. The molecule has 0 saturated carbocycles. The van der Waals surface area contributed by atoms with Crippen molar-refractivity contribution in [3.63, 3.8) is 0 Å². The van der Waals surface area contributed by atoms with Crippen LogP contribution in [0.25, 0.3) is 11.3 Å². The average molecular weight is 558 g/mol. The smallest absolute Gasteiger partial charge is 0.378 e. The molecule has 3 heterocycles. The molecule has 1 aromatic heterocycles. The number of likely N-dealkylation sites (tertiary alicyclic amines) is 1. The van der Waals surface area contributed by atoms with Gasteiger partial charge in [0, 0.05) is 48.3 Å². The van der Waals surface area contributed by atoms with Gasteiger partial charge in [0.2, 0.25) is 5.76 Å². The van der Waals surface area contributed by atoms with Crippen molar-refractivity contribution < 1.29 is 27.2 Å². The van der Waals surface area contributed by atoms with Gasteiger partial charge in [-0.1, -0.05) is 11.2 Å². The van der Waals surface area contributed by atoms with Crippen molar-refractivity contribution in [2.75, 3.05) is 63.2 Å². The van der Waals surface area contributed by atoms with Crippen molar-refractivity contribution in [1.29, 1.82) is 0 Å². The van der Waals surface area contributed by atoms with Crippen LogP contribution < -0.4 is 15.5 Å². The maximum atomic E-state index is 13.7. The second-order valence-corrected chi connectivity index (χ2v) is 10.6. The number of aromatic nitrogens is 1. The zero-order chi connectivity index (χ0) is 28.3. The van der Waals surface area contributed by atoms with Gasteiger partial charge >= 0.3 is 6.18 Å². The number of nitrogens with one attached hydrogen (secondary N) is 2. The standard InChI is InChI=1S/C29H34F3N5O3/c1-19-3-4-22(34-23-13-21(29(30,31)32)14-24(15-23)37-9-11-39-12-10-37)16-25(19)26-17-27(40-35-26)28(38)33-18-20-5-7-36(2)8-6-20/h3-4,13-17,20,34H,5-12,18H2,1-2H3,(H,33,38). The molecule has 3 aromatic rings. The van der Waals surface area contributed by atoms with Crippen LogP contribution >= 0.6 is 0 Å². The van der Waals surface area contributed by atoms with Gasteiger partial charge in [-0.15, -0.1) is 0 Å². The summed E-state index contributed by atoms with van der Waals surface area (Å²) in [4.78, 5) is 16.9. The van der Waals surface area contributed by atoms with E-state index in [0.717, 1.165) is 37.6 Å². The molecule has 0 atom stereocenters. The topological polar surface area (TPSA) is 82.9 Å². The Morgan fingerprint density at radius 3 is 2.50 bits per heavy atom. The molecule has 2 fully saturated rings. The molecule has 11 heteroatoms. The van der Waals surface area contributed by atoms with Crippen LogP contribution in [0.5, 0.6) is 0 Å². The van der Waals surface area contributed by atoms with Crippen molar-refractivity contribution in [2.45, 2.75) is 25.9 Å². The Bertz CT molecular complexity index is 1330. The van der Waals surface area contributed by atoms with Crippen LogP contribution in [-0.4, -0.2) is 68.9 Å². The largest absolute Gasteiger partial charge is 0.416 e. The quantitative estimate of drug-likeness (QED) is 0.407. The summed E-state index contributed by atoms with van der Waals surface area (Å²) in [6.07, 6.45) is -2.41. The van der Waals surface area contributed by atoms with Crippen LogP contribution in [0.3, 0.4) is 0 Å². The number of hydrogen-bond donors (Lipinski definition) is 2. The molecule has 8 nitrogen and oxygen atoms in total. The first-order valence-corrected chi connectivity index (χ1v) is 13.5. The van der Waals surface area contributed by atoms with E-state index in [1.807, 2.05) is 17.9 Å². The Labute approximate surface area is 231 Å². The molecule has 0 bridgehead atoms. The summed E-state index contributed by atoms with van der Waals surface area (Å²) in [7, 11) is 2.10. The highest BCUT2D eigenvalue weighted by Crippen LogP contribution is 2.36. The molecule has 2 N–H and O–H groups in total. The van der Waals surface area contributed by atoms with Gasteiger partial charge in [-0.25, -0.2) is 0 Å². The second kappa shape index (κ2) is 11.9. The first kappa shape index (κ1) is 28.0. The second-order valence-electron chi connectivity index (χ2n) is 10.6. The van der Waals surface area contributed by atoms with Gasteiger partial charge in [0.1, 0.15) is 5.69 Å². The van der Waals surface area contributed by atoms with E-state index in [4.69, 9.17) is 9.26 Å². The number of halogens is 3. The zero-order valence-electron chi connectivity index (χ0n) is 22.7. The highest BCUT2D eigenvalue weighted by atomic mass is 19.4. The predicted molar refractivity (Wildman–Crippen MR) is 147 cm³/mol. The van der Waals surface area contributed by atoms with Crippen LogP contribution in [0.1, 0.15) is 34.5 Å². The number of carbonyl (C=O) groups excluding carboxylic acids is 1. The zero-order valence-corrected chi connectivity index (χ0v) is 22.7. The van der Waals surface area contributed by atoms with Crippen molar-refractivity contribution in [3.8, 4) is 11.3 Å². The summed E-state index contributed by atoms with van der Waals surface area (Å²) in [6.45, 7) is 6.51. The highest BCUT2D eigenvalue weighted by Gasteiger charge is 2.32. The number of aryl methyl sites for hydroxylation is 1. The summed E-state index contributed by atoms with van der Waals surface area (Å²) in [5, 5.41) is 10.2. The summed E-state index contributed by atoms with van der Waals surface area (Å²) in [5.74, 6) is 0.241. The number of nitrogens with zero attached hydrogens (tertiary/aromatic N) is 3. The molecular formula is C29H34F3N5O3. The Kier molecular flexibility index (Phi) is 8.32. The van der Waals surface area contributed by atoms with Crippen molar-refractivity contribution in [2.24, 2.45) is 5.92 Å². The van der Waals surface area contributed by atoms with E-state index in [1.165, 1.54) is 6.07 Å². The number of piperidine rings is 1. The number of benzene rings is 2. The minimum Gasteiger partial charge on any atom is -0.378 e.